The van der Waals surface area contributed by atoms with Gasteiger partial charge in [-0.1, -0.05) is 18.7 Å². The molecule has 4 heteroatoms. The summed E-state index contributed by atoms with van der Waals surface area (Å²) in [5, 5.41) is 5.14. The topological polar surface area (TPSA) is 33.6 Å². The lowest BCUT2D eigenvalue weighted by molar-refractivity contribution is 0.119. The van der Waals surface area contributed by atoms with Crippen LogP contribution in [0.15, 0.2) is 4.99 Å². The molecule has 2 saturated heterocycles. The maximum atomic E-state index is 5.49. The number of hydrogen-bond donors (Lipinski definition) is 1. The average molecular weight is 214 g/mol. The molecule has 2 rings (SSSR count). The predicted octanol–water partition coefficient (Wildman–Crippen LogP) is 1.63. The summed E-state index contributed by atoms with van der Waals surface area (Å²) in [4.78, 5) is 4.70. The molecule has 0 aliphatic carbocycles. The van der Waals surface area contributed by atoms with Crippen LogP contribution >= 0.6 is 11.8 Å². The predicted molar refractivity (Wildman–Crippen MR) is 60.9 cm³/mol. The van der Waals surface area contributed by atoms with Crippen LogP contribution in [0.3, 0.4) is 0 Å². The minimum absolute atomic E-state index is 0.288. The Kier molecular flexibility index (Phi) is 3.02. The van der Waals surface area contributed by atoms with Crippen molar-refractivity contribution in [2.24, 2.45) is 4.99 Å². The number of hydrogen-bond acceptors (Lipinski definition) is 3. The van der Waals surface area contributed by atoms with E-state index in [1.807, 2.05) is 11.8 Å². The summed E-state index contributed by atoms with van der Waals surface area (Å²) in [5.74, 6) is 0. The van der Waals surface area contributed by atoms with Crippen LogP contribution in [0.5, 0.6) is 0 Å². The van der Waals surface area contributed by atoms with E-state index in [1.54, 1.807) is 0 Å². The number of ether oxygens (including phenoxy) is 1. The Hall–Kier alpha value is -0.220. The van der Waals surface area contributed by atoms with Crippen LogP contribution in [0.1, 0.15) is 27.2 Å². The van der Waals surface area contributed by atoms with Gasteiger partial charge in [-0.05, 0) is 20.3 Å². The van der Waals surface area contributed by atoms with Gasteiger partial charge in [-0.25, -0.2) is 0 Å². The molecule has 0 saturated carbocycles. The summed E-state index contributed by atoms with van der Waals surface area (Å²) in [6.07, 6.45) is 1.35. The first-order valence-corrected chi connectivity index (χ1v) is 6.17. The molecule has 2 heterocycles. The van der Waals surface area contributed by atoms with Crippen LogP contribution in [0.4, 0.5) is 0 Å². The third-order valence-electron chi connectivity index (χ3n) is 2.97. The van der Waals surface area contributed by atoms with E-state index in [2.05, 4.69) is 26.1 Å². The first kappa shape index (κ1) is 10.3. The average Bonchev–Trinajstić information content (AvgIpc) is 2.63. The van der Waals surface area contributed by atoms with Gasteiger partial charge in [0.1, 0.15) is 0 Å². The Bertz CT molecular complexity index is 232. The third kappa shape index (κ3) is 2.06. The van der Waals surface area contributed by atoms with E-state index in [0.29, 0.717) is 17.3 Å². The summed E-state index contributed by atoms with van der Waals surface area (Å²) >= 11 is 1.85. The fourth-order valence-corrected chi connectivity index (χ4v) is 2.81. The van der Waals surface area contributed by atoms with E-state index < -0.39 is 0 Å². The molecule has 2 fully saturated rings. The molecular weight excluding hydrogens is 196 g/mol. The van der Waals surface area contributed by atoms with Crippen molar-refractivity contribution in [2.45, 2.75) is 50.6 Å². The second-order valence-corrected chi connectivity index (χ2v) is 5.49. The molecule has 0 aromatic rings. The van der Waals surface area contributed by atoms with Gasteiger partial charge in [0, 0.05) is 17.9 Å². The number of rotatable bonds is 1. The molecule has 1 N–H and O–H groups in total. The molecule has 3 nitrogen and oxygen atoms in total. The van der Waals surface area contributed by atoms with Crippen LogP contribution in [-0.2, 0) is 4.74 Å². The molecule has 0 radical (unpaired) electrons. The van der Waals surface area contributed by atoms with E-state index in [4.69, 9.17) is 9.73 Å². The molecule has 4 unspecified atom stereocenters. The number of aliphatic imine (C=N–C) groups is 1. The first-order valence-electron chi connectivity index (χ1n) is 5.29. The first-order chi connectivity index (χ1) is 6.66. The molecule has 4 atom stereocenters. The summed E-state index contributed by atoms with van der Waals surface area (Å²) < 4.78 is 5.49. The molecule has 14 heavy (non-hydrogen) atoms. The van der Waals surface area contributed by atoms with Crippen LogP contribution in [0.2, 0.25) is 0 Å². The maximum Gasteiger partial charge on any atom is 0.157 e. The third-order valence-corrected chi connectivity index (χ3v) is 4.20. The summed E-state index contributed by atoms with van der Waals surface area (Å²) in [5.41, 5.74) is 0. The van der Waals surface area contributed by atoms with E-state index in [0.717, 1.165) is 18.2 Å². The van der Waals surface area contributed by atoms with Crippen molar-refractivity contribution in [1.29, 1.82) is 0 Å². The zero-order valence-corrected chi connectivity index (χ0v) is 9.80. The van der Waals surface area contributed by atoms with Crippen molar-refractivity contribution in [1.82, 2.24) is 5.32 Å². The van der Waals surface area contributed by atoms with E-state index in [9.17, 15) is 0 Å². The molecule has 0 aromatic heterocycles. The molecule has 0 spiro atoms. The zero-order chi connectivity index (χ0) is 10.1. The minimum atomic E-state index is 0.288. The highest BCUT2D eigenvalue weighted by Crippen LogP contribution is 2.25. The monoisotopic (exact) mass is 214 g/mol. The van der Waals surface area contributed by atoms with Crippen LogP contribution in [0, 0.1) is 0 Å². The molecule has 0 aromatic carbocycles. The standard InChI is InChI=1S/C10H18N2OS/c1-6-8(3)14-10(11-6)12-9-4-5-13-7(9)2/h6-9H,4-5H2,1-3H3,(H,11,12). The van der Waals surface area contributed by atoms with Gasteiger partial charge in [-0.3, -0.25) is 4.99 Å². The minimum Gasteiger partial charge on any atom is -0.376 e. The van der Waals surface area contributed by atoms with Crippen LogP contribution < -0.4 is 5.32 Å². The fraction of sp³-hybridized carbons (Fsp3) is 0.900. The lowest BCUT2D eigenvalue weighted by Gasteiger charge is -2.10. The number of thioether (sulfide) groups is 1. The number of amidine groups is 1. The van der Waals surface area contributed by atoms with Gasteiger partial charge in [0.15, 0.2) is 5.17 Å². The highest BCUT2D eigenvalue weighted by Gasteiger charge is 2.28. The summed E-state index contributed by atoms with van der Waals surface area (Å²) in [6, 6.07) is 0.902. The smallest absolute Gasteiger partial charge is 0.157 e. The largest absolute Gasteiger partial charge is 0.376 e. The Balaban J connectivity index is 1.98. The Morgan fingerprint density at radius 2 is 2.21 bits per heavy atom. The van der Waals surface area contributed by atoms with Gasteiger partial charge in [0.05, 0.1) is 12.1 Å². The highest BCUT2D eigenvalue weighted by atomic mass is 32.2. The van der Waals surface area contributed by atoms with Crippen LogP contribution in [0.25, 0.3) is 0 Å². The number of nitrogens with one attached hydrogen (secondary N) is 1. The number of nitrogens with zero attached hydrogens (tertiary/aromatic N) is 1. The van der Waals surface area contributed by atoms with E-state index >= 15 is 0 Å². The molecule has 0 amide bonds. The molecule has 2 aliphatic rings. The zero-order valence-electron chi connectivity index (χ0n) is 8.99. The molecule has 0 bridgehead atoms. The summed E-state index contributed by atoms with van der Waals surface area (Å²) in [7, 11) is 0. The maximum absolute atomic E-state index is 5.49. The van der Waals surface area contributed by atoms with E-state index in [-0.39, 0.29) is 6.10 Å². The van der Waals surface area contributed by atoms with Gasteiger partial charge in [0.25, 0.3) is 0 Å². The van der Waals surface area contributed by atoms with Crippen molar-refractivity contribution in [2.75, 3.05) is 6.61 Å². The lowest BCUT2D eigenvalue weighted by Crippen LogP contribution is -2.28. The highest BCUT2D eigenvalue weighted by molar-refractivity contribution is 8.14. The van der Waals surface area contributed by atoms with Crippen molar-refractivity contribution in [3.63, 3.8) is 0 Å². The fourth-order valence-electron chi connectivity index (χ4n) is 1.73. The van der Waals surface area contributed by atoms with Crippen molar-refractivity contribution >= 4 is 16.9 Å². The van der Waals surface area contributed by atoms with E-state index in [1.165, 1.54) is 0 Å². The van der Waals surface area contributed by atoms with Crippen molar-refractivity contribution in [3.8, 4) is 0 Å². The van der Waals surface area contributed by atoms with Crippen LogP contribution in [-0.4, -0.2) is 35.2 Å². The SMILES string of the molecule is CC1NC(=NC2CCOC2C)SC1C. The molecular formula is C10H18N2OS. The quantitative estimate of drug-likeness (QED) is 0.720. The second kappa shape index (κ2) is 4.11. The normalized spacial score (nSPS) is 45.8. The molecule has 80 valence electrons. The van der Waals surface area contributed by atoms with Gasteiger partial charge in [0.2, 0.25) is 0 Å². The second-order valence-electron chi connectivity index (χ2n) is 4.12. The lowest BCUT2D eigenvalue weighted by atomic mass is 10.2. The van der Waals surface area contributed by atoms with Gasteiger partial charge >= 0.3 is 0 Å². The van der Waals surface area contributed by atoms with Gasteiger partial charge in [-0.15, -0.1) is 0 Å². The van der Waals surface area contributed by atoms with Gasteiger partial charge in [-0.2, -0.15) is 0 Å². The van der Waals surface area contributed by atoms with Crippen molar-refractivity contribution < 1.29 is 4.74 Å². The van der Waals surface area contributed by atoms with Crippen molar-refractivity contribution in [3.05, 3.63) is 0 Å². The Labute approximate surface area is 89.7 Å². The Morgan fingerprint density at radius 3 is 2.71 bits per heavy atom. The molecule has 2 aliphatic heterocycles. The van der Waals surface area contributed by atoms with Gasteiger partial charge < -0.3 is 10.1 Å². The Morgan fingerprint density at radius 1 is 1.43 bits per heavy atom. The summed E-state index contributed by atoms with van der Waals surface area (Å²) in [6.45, 7) is 7.40.